The van der Waals surface area contributed by atoms with Crippen molar-refractivity contribution in [3.63, 3.8) is 0 Å². The Kier molecular flexibility index (Phi) is 5.41. The normalized spacial score (nSPS) is 14.6. The molecular formula is C25H17ClFN7O3. The fourth-order valence-corrected chi connectivity index (χ4v) is 4.90. The van der Waals surface area contributed by atoms with Gasteiger partial charge < -0.3 is 14.7 Å². The van der Waals surface area contributed by atoms with Crippen molar-refractivity contribution in [1.29, 1.82) is 0 Å². The van der Waals surface area contributed by atoms with Gasteiger partial charge in [-0.3, -0.25) is 4.79 Å². The minimum Gasteiger partial charge on any atom is -0.478 e. The van der Waals surface area contributed by atoms with E-state index in [2.05, 4.69) is 25.5 Å². The first-order chi connectivity index (χ1) is 17.9. The maximum Gasteiger partial charge on any atom is 0.335 e. The van der Waals surface area contributed by atoms with Crippen LogP contribution in [0.5, 0.6) is 0 Å². The molecule has 0 amide bonds. The number of rotatable bonds is 5. The monoisotopic (exact) mass is 517 g/mol. The predicted octanol–water partition coefficient (Wildman–Crippen LogP) is 3.91. The van der Waals surface area contributed by atoms with Crippen LogP contribution >= 0.6 is 11.6 Å². The quantitative estimate of drug-likeness (QED) is 0.361. The summed E-state index contributed by atoms with van der Waals surface area (Å²) >= 11 is 6.26. The van der Waals surface area contributed by atoms with Gasteiger partial charge in [0.15, 0.2) is 0 Å². The SMILES string of the molecule is O=C(O)c1ccc(F)c(-c2cnc([C@@H]3CCc4cc(-c5cc(Cl)ccc5-n5cnnn5)cc(=O)n43)[nH]2)c1. The Labute approximate surface area is 213 Å². The molecule has 1 aliphatic rings. The summed E-state index contributed by atoms with van der Waals surface area (Å²) in [6.07, 6.45) is 4.14. The van der Waals surface area contributed by atoms with E-state index in [1.807, 2.05) is 6.07 Å². The number of aryl methyl sites for hydroxylation is 1. The molecule has 37 heavy (non-hydrogen) atoms. The number of aromatic nitrogens is 7. The van der Waals surface area contributed by atoms with Crippen LogP contribution in [0.25, 0.3) is 28.1 Å². The van der Waals surface area contributed by atoms with Crippen molar-refractivity contribution in [2.24, 2.45) is 0 Å². The standard InChI is InChI=1S/C25H17ClFN7O3/c26-15-2-5-21(33-12-29-31-32-33)17(10-15)14-7-16-3-6-22(34(16)23(35)9-14)24-28-11-20(30-24)18-8-13(25(36)37)1-4-19(18)27/h1-2,4-5,7-12,22H,3,6H2,(H,28,30)(H,36,37)/t22-/m0/s1. The molecule has 1 atom stereocenters. The molecule has 6 rings (SSSR count). The van der Waals surface area contributed by atoms with Crippen molar-refractivity contribution in [2.45, 2.75) is 18.9 Å². The molecule has 2 aromatic carbocycles. The number of carboxylic acids is 1. The third-order valence-electron chi connectivity index (χ3n) is 6.41. The second-order valence-corrected chi connectivity index (χ2v) is 9.03. The number of nitrogens with one attached hydrogen (secondary N) is 1. The summed E-state index contributed by atoms with van der Waals surface area (Å²) in [6, 6.07) is 11.9. The van der Waals surface area contributed by atoms with Crippen molar-refractivity contribution in [3.05, 3.63) is 99.3 Å². The first-order valence-electron chi connectivity index (χ1n) is 11.3. The van der Waals surface area contributed by atoms with Crippen LogP contribution in [-0.4, -0.2) is 45.8 Å². The molecule has 184 valence electrons. The molecule has 4 heterocycles. The fourth-order valence-electron chi connectivity index (χ4n) is 4.73. The number of benzene rings is 2. The first kappa shape index (κ1) is 22.8. The van der Waals surface area contributed by atoms with Crippen LogP contribution in [0.2, 0.25) is 5.02 Å². The highest BCUT2D eigenvalue weighted by Crippen LogP contribution is 2.34. The highest BCUT2D eigenvalue weighted by molar-refractivity contribution is 6.31. The fraction of sp³-hybridized carbons (Fsp3) is 0.120. The van der Waals surface area contributed by atoms with Gasteiger partial charge in [-0.15, -0.1) is 5.10 Å². The number of H-pyrrole nitrogens is 1. The molecule has 0 fully saturated rings. The summed E-state index contributed by atoms with van der Waals surface area (Å²) in [5.74, 6) is -1.24. The Hall–Kier alpha value is -4.64. The van der Waals surface area contributed by atoms with Gasteiger partial charge in [0.25, 0.3) is 5.56 Å². The lowest BCUT2D eigenvalue weighted by atomic mass is 10.0. The van der Waals surface area contributed by atoms with E-state index in [1.54, 1.807) is 22.8 Å². The second-order valence-electron chi connectivity index (χ2n) is 8.60. The lowest BCUT2D eigenvalue weighted by molar-refractivity contribution is 0.0697. The van der Waals surface area contributed by atoms with Crippen LogP contribution in [0.1, 0.15) is 34.3 Å². The number of hydrogen-bond acceptors (Lipinski definition) is 6. The van der Waals surface area contributed by atoms with Gasteiger partial charge in [-0.05, 0) is 71.3 Å². The molecule has 0 aliphatic carbocycles. The number of halogens is 2. The maximum atomic E-state index is 14.5. The van der Waals surface area contributed by atoms with E-state index >= 15 is 0 Å². The number of tetrazole rings is 1. The number of hydrogen-bond donors (Lipinski definition) is 2. The van der Waals surface area contributed by atoms with Crippen molar-refractivity contribution >= 4 is 17.6 Å². The highest BCUT2D eigenvalue weighted by atomic mass is 35.5. The van der Waals surface area contributed by atoms with E-state index in [1.165, 1.54) is 35.4 Å². The average Bonchev–Trinajstić information content (AvgIpc) is 3.64. The van der Waals surface area contributed by atoms with Gasteiger partial charge in [-0.2, -0.15) is 4.68 Å². The average molecular weight is 518 g/mol. The largest absolute Gasteiger partial charge is 0.478 e. The van der Waals surface area contributed by atoms with Crippen molar-refractivity contribution < 1.29 is 14.3 Å². The molecule has 0 radical (unpaired) electrons. The van der Waals surface area contributed by atoms with Crippen LogP contribution in [0.15, 0.2) is 65.8 Å². The number of fused-ring (bicyclic) bond motifs is 1. The molecule has 1 aliphatic heterocycles. The van der Waals surface area contributed by atoms with E-state index in [9.17, 15) is 19.1 Å². The minimum atomic E-state index is -1.16. The Morgan fingerprint density at radius 1 is 1.14 bits per heavy atom. The van der Waals surface area contributed by atoms with Gasteiger partial charge in [0.05, 0.1) is 29.2 Å². The number of nitrogens with zero attached hydrogens (tertiary/aromatic N) is 6. The van der Waals surface area contributed by atoms with Crippen LogP contribution in [0.3, 0.4) is 0 Å². The van der Waals surface area contributed by atoms with Crippen molar-refractivity contribution in [1.82, 2.24) is 34.7 Å². The van der Waals surface area contributed by atoms with Crippen LogP contribution in [0.4, 0.5) is 4.39 Å². The third-order valence-corrected chi connectivity index (χ3v) is 6.65. The molecular weight excluding hydrogens is 501 g/mol. The third kappa shape index (κ3) is 3.99. The van der Waals surface area contributed by atoms with Gasteiger partial charge in [0.2, 0.25) is 0 Å². The molecule has 0 saturated heterocycles. The van der Waals surface area contributed by atoms with Crippen molar-refractivity contribution in [3.8, 4) is 28.1 Å². The summed E-state index contributed by atoms with van der Waals surface area (Å²) in [4.78, 5) is 32.1. The van der Waals surface area contributed by atoms with E-state index in [0.29, 0.717) is 46.2 Å². The predicted molar refractivity (Wildman–Crippen MR) is 131 cm³/mol. The number of aromatic carboxylic acids is 1. The van der Waals surface area contributed by atoms with E-state index in [0.717, 1.165) is 11.8 Å². The van der Waals surface area contributed by atoms with Gasteiger partial charge >= 0.3 is 5.97 Å². The molecule has 0 bridgehead atoms. The van der Waals surface area contributed by atoms with E-state index in [-0.39, 0.29) is 22.7 Å². The zero-order valence-electron chi connectivity index (χ0n) is 19.0. The molecule has 0 spiro atoms. The second kappa shape index (κ2) is 8.79. The Morgan fingerprint density at radius 2 is 2.00 bits per heavy atom. The Bertz CT molecular complexity index is 1730. The van der Waals surface area contributed by atoms with Crippen LogP contribution < -0.4 is 5.56 Å². The summed E-state index contributed by atoms with van der Waals surface area (Å²) < 4.78 is 17.6. The Balaban J connectivity index is 1.38. The topological polar surface area (TPSA) is 132 Å². The number of aromatic amines is 1. The van der Waals surface area contributed by atoms with Gasteiger partial charge in [0.1, 0.15) is 18.0 Å². The van der Waals surface area contributed by atoms with Gasteiger partial charge in [-0.25, -0.2) is 14.2 Å². The maximum absolute atomic E-state index is 14.5. The summed E-state index contributed by atoms with van der Waals surface area (Å²) in [5, 5.41) is 21.1. The molecule has 12 heteroatoms. The Morgan fingerprint density at radius 3 is 2.78 bits per heavy atom. The van der Waals surface area contributed by atoms with E-state index < -0.39 is 11.8 Å². The zero-order chi connectivity index (χ0) is 25.7. The number of carboxylic acid groups (broad SMARTS) is 1. The zero-order valence-corrected chi connectivity index (χ0v) is 19.7. The summed E-state index contributed by atoms with van der Waals surface area (Å²) in [6.45, 7) is 0. The number of imidazole rings is 1. The minimum absolute atomic E-state index is 0.0374. The first-order valence-corrected chi connectivity index (χ1v) is 11.6. The summed E-state index contributed by atoms with van der Waals surface area (Å²) in [7, 11) is 0. The molecule has 0 unspecified atom stereocenters. The lowest BCUT2D eigenvalue weighted by Crippen LogP contribution is -2.23. The smallest absolute Gasteiger partial charge is 0.335 e. The molecule has 5 aromatic rings. The summed E-state index contributed by atoms with van der Waals surface area (Å²) in [5.41, 5.74) is 3.03. The number of carbonyl (C=O) groups is 1. The van der Waals surface area contributed by atoms with Crippen molar-refractivity contribution in [2.75, 3.05) is 0 Å². The molecule has 0 saturated carbocycles. The highest BCUT2D eigenvalue weighted by Gasteiger charge is 2.28. The van der Waals surface area contributed by atoms with Crippen LogP contribution in [-0.2, 0) is 6.42 Å². The van der Waals surface area contributed by atoms with Crippen LogP contribution in [0, 0.1) is 5.82 Å². The van der Waals surface area contributed by atoms with Gasteiger partial charge in [-0.1, -0.05) is 11.6 Å². The lowest BCUT2D eigenvalue weighted by Gasteiger charge is -2.15. The molecule has 3 aromatic heterocycles. The molecule has 2 N–H and O–H groups in total. The van der Waals surface area contributed by atoms with E-state index in [4.69, 9.17) is 11.6 Å². The number of pyridine rings is 1. The van der Waals surface area contributed by atoms with Gasteiger partial charge in [0, 0.05) is 27.9 Å². The molecule has 10 nitrogen and oxygen atoms in total.